The molecule has 1 N–H and O–H groups in total. The average molecular weight is 228 g/mol. The number of aliphatic hydroxyl groups excluding tert-OH is 1. The van der Waals surface area contributed by atoms with Gasteiger partial charge in [-0.2, -0.15) is 0 Å². The quantitative estimate of drug-likeness (QED) is 0.758. The van der Waals surface area contributed by atoms with E-state index in [0.29, 0.717) is 5.92 Å². The number of carbonyl (C=O) groups excluding carboxylic acids is 1. The standard InChI is InChI=1S/C12H24N2O2/c1-10(2)11(3)12(16)14-6-4-13(5-7-14)8-9-15/h10-11,15H,4-9H2,1-3H3. The van der Waals surface area contributed by atoms with Crippen molar-refractivity contribution in [1.82, 2.24) is 9.80 Å². The molecule has 0 radical (unpaired) electrons. The molecule has 1 fully saturated rings. The fourth-order valence-electron chi connectivity index (χ4n) is 1.91. The van der Waals surface area contributed by atoms with Gasteiger partial charge >= 0.3 is 0 Å². The van der Waals surface area contributed by atoms with E-state index < -0.39 is 0 Å². The molecule has 0 aromatic carbocycles. The van der Waals surface area contributed by atoms with Crippen LogP contribution in [0, 0.1) is 11.8 Å². The summed E-state index contributed by atoms with van der Waals surface area (Å²) in [6, 6.07) is 0. The summed E-state index contributed by atoms with van der Waals surface area (Å²) in [5.74, 6) is 0.797. The number of piperazine rings is 1. The smallest absolute Gasteiger partial charge is 0.225 e. The number of carbonyl (C=O) groups is 1. The van der Waals surface area contributed by atoms with E-state index >= 15 is 0 Å². The molecule has 1 saturated heterocycles. The van der Waals surface area contributed by atoms with Gasteiger partial charge in [-0.3, -0.25) is 9.69 Å². The Morgan fingerprint density at radius 2 is 1.75 bits per heavy atom. The van der Waals surface area contributed by atoms with Crippen LogP contribution in [0.2, 0.25) is 0 Å². The van der Waals surface area contributed by atoms with Crippen LogP contribution in [0.25, 0.3) is 0 Å². The monoisotopic (exact) mass is 228 g/mol. The van der Waals surface area contributed by atoms with Gasteiger partial charge in [0, 0.05) is 38.6 Å². The molecule has 1 aliphatic heterocycles. The zero-order chi connectivity index (χ0) is 12.1. The van der Waals surface area contributed by atoms with Crippen molar-refractivity contribution in [1.29, 1.82) is 0 Å². The highest BCUT2D eigenvalue weighted by molar-refractivity contribution is 5.78. The van der Waals surface area contributed by atoms with Gasteiger partial charge in [-0.1, -0.05) is 20.8 Å². The van der Waals surface area contributed by atoms with Crippen molar-refractivity contribution in [3.8, 4) is 0 Å². The SMILES string of the molecule is CC(C)C(C)C(=O)N1CCN(CCO)CC1. The van der Waals surface area contributed by atoms with E-state index in [4.69, 9.17) is 5.11 Å². The maximum atomic E-state index is 12.1. The lowest BCUT2D eigenvalue weighted by Gasteiger charge is -2.36. The minimum absolute atomic E-state index is 0.115. The molecular formula is C12H24N2O2. The van der Waals surface area contributed by atoms with Gasteiger partial charge < -0.3 is 10.0 Å². The molecule has 1 unspecified atom stereocenters. The van der Waals surface area contributed by atoms with Gasteiger partial charge in [0.15, 0.2) is 0 Å². The summed E-state index contributed by atoms with van der Waals surface area (Å²) in [5.41, 5.74) is 0. The number of hydrogen-bond donors (Lipinski definition) is 1. The van der Waals surface area contributed by atoms with Crippen LogP contribution in [0.4, 0.5) is 0 Å². The predicted molar refractivity (Wildman–Crippen MR) is 64.1 cm³/mol. The van der Waals surface area contributed by atoms with Crippen molar-refractivity contribution < 1.29 is 9.90 Å². The van der Waals surface area contributed by atoms with Gasteiger partial charge in [0.2, 0.25) is 5.91 Å². The Balaban J connectivity index is 2.38. The topological polar surface area (TPSA) is 43.8 Å². The number of nitrogens with zero attached hydrogens (tertiary/aromatic N) is 2. The van der Waals surface area contributed by atoms with Crippen molar-refractivity contribution in [3.05, 3.63) is 0 Å². The van der Waals surface area contributed by atoms with E-state index in [1.54, 1.807) is 0 Å². The zero-order valence-electron chi connectivity index (χ0n) is 10.6. The van der Waals surface area contributed by atoms with Crippen molar-refractivity contribution in [3.63, 3.8) is 0 Å². The van der Waals surface area contributed by atoms with Gasteiger partial charge in [-0.25, -0.2) is 0 Å². The van der Waals surface area contributed by atoms with Crippen molar-refractivity contribution in [2.45, 2.75) is 20.8 Å². The van der Waals surface area contributed by atoms with Crippen LogP contribution < -0.4 is 0 Å². The molecule has 1 atom stereocenters. The number of aliphatic hydroxyl groups is 1. The Morgan fingerprint density at radius 1 is 1.19 bits per heavy atom. The first-order valence-corrected chi connectivity index (χ1v) is 6.18. The van der Waals surface area contributed by atoms with Crippen LogP contribution in [0.5, 0.6) is 0 Å². The van der Waals surface area contributed by atoms with Gasteiger partial charge in [0.05, 0.1) is 6.61 Å². The first kappa shape index (κ1) is 13.5. The predicted octanol–water partition coefficient (Wildman–Crippen LogP) is 0.415. The van der Waals surface area contributed by atoms with Crippen molar-refractivity contribution >= 4 is 5.91 Å². The Bertz CT molecular complexity index is 223. The lowest BCUT2D eigenvalue weighted by molar-refractivity contribution is -0.138. The van der Waals surface area contributed by atoms with Crippen molar-refractivity contribution in [2.24, 2.45) is 11.8 Å². The highest BCUT2D eigenvalue weighted by Crippen LogP contribution is 2.14. The van der Waals surface area contributed by atoms with Crippen LogP contribution in [0.1, 0.15) is 20.8 Å². The van der Waals surface area contributed by atoms with E-state index in [9.17, 15) is 4.79 Å². The summed E-state index contributed by atoms with van der Waals surface area (Å²) in [6.07, 6.45) is 0. The summed E-state index contributed by atoms with van der Waals surface area (Å²) in [4.78, 5) is 16.2. The summed E-state index contributed by atoms with van der Waals surface area (Å²) < 4.78 is 0. The minimum atomic E-state index is 0.115. The van der Waals surface area contributed by atoms with Crippen LogP contribution in [0.15, 0.2) is 0 Å². The molecule has 0 saturated carbocycles. The van der Waals surface area contributed by atoms with Crippen LogP contribution >= 0.6 is 0 Å². The fraction of sp³-hybridized carbons (Fsp3) is 0.917. The van der Waals surface area contributed by atoms with E-state index in [0.717, 1.165) is 32.7 Å². The third-order valence-electron chi connectivity index (χ3n) is 3.49. The van der Waals surface area contributed by atoms with E-state index in [2.05, 4.69) is 18.7 Å². The zero-order valence-corrected chi connectivity index (χ0v) is 10.6. The number of amides is 1. The summed E-state index contributed by atoms with van der Waals surface area (Å²) in [5, 5.41) is 8.83. The number of β-amino-alcohol motifs (C(OH)–C–C–N with tert-alkyl or cyclic N) is 1. The largest absolute Gasteiger partial charge is 0.395 e. The van der Waals surface area contributed by atoms with E-state index in [1.807, 2.05) is 11.8 Å². The van der Waals surface area contributed by atoms with Gasteiger partial charge in [-0.05, 0) is 5.92 Å². The lowest BCUT2D eigenvalue weighted by atomic mass is 9.96. The maximum Gasteiger partial charge on any atom is 0.225 e. The minimum Gasteiger partial charge on any atom is -0.395 e. The molecule has 0 aromatic rings. The van der Waals surface area contributed by atoms with Gasteiger partial charge in [0.25, 0.3) is 0 Å². The molecule has 0 bridgehead atoms. The molecule has 0 aromatic heterocycles. The highest BCUT2D eigenvalue weighted by Gasteiger charge is 2.25. The normalized spacial score (nSPS) is 20.2. The van der Waals surface area contributed by atoms with Crippen molar-refractivity contribution in [2.75, 3.05) is 39.3 Å². The third kappa shape index (κ3) is 3.46. The first-order valence-electron chi connectivity index (χ1n) is 6.18. The molecule has 4 heteroatoms. The molecule has 16 heavy (non-hydrogen) atoms. The van der Waals surface area contributed by atoms with Crippen LogP contribution in [0.3, 0.4) is 0 Å². The molecule has 1 rings (SSSR count). The average Bonchev–Trinajstić information content (AvgIpc) is 2.28. The molecule has 1 heterocycles. The third-order valence-corrected chi connectivity index (χ3v) is 3.49. The maximum absolute atomic E-state index is 12.1. The van der Waals surface area contributed by atoms with Crippen LogP contribution in [-0.4, -0.2) is 60.1 Å². The number of rotatable bonds is 4. The molecule has 94 valence electrons. The first-order chi connectivity index (χ1) is 7.56. The van der Waals surface area contributed by atoms with Gasteiger partial charge in [-0.15, -0.1) is 0 Å². The molecule has 1 aliphatic rings. The Morgan fingerprint density at radius 3 is 2.19 bits per heavy atom. The lowest BCUT2D eigenvalue weighted by Crippen LogP contribution is -2.51. The van der Waals surface area contributed by atoms with E-state index in [-0.39, 0.29) is 18.4 Å². The second kappa shape index (κ2) is 6.21. The summed E-state index contributed by atoms with van der Waals surface area (Å²) in [6.45, 7) is 10.5. The molecular weight excluding hydrogens is 204 g/mol. The van der Waals surface area contributed by atoms with E-state index in [1.165, 1.54) is 0 Å². The Kier molecular flexibility index (Phi) is 5.22. The second-order valence-corrected chi connectivity index (χ2v) is 4.92. The summed E-state index contributed by atoms with van der Waals surface area (Å²) in [7, 11) is 0. The molecule has 0 aliphatic carbocycles. The van der Waals surface area contributed by atoms with Gasteiger partial charge in [0.1, 0.15) is 0 Å². The fourth-order valence-corrected chi connectivity index (χ4v) is 1.91. The molecule has 4 nitrogen and oxygen atoms in total. The number of hydrogen-bond acceptors (Lipinski definition) is 3. The Hall–Kier alpha value is -0.610. The highest BCUT2D eigenvalue weighted by atomic mass is 16.3. The second-order valence-electron chi connectivity index (χ2n) is 4.92. The summed E-state index contributed by atoms with van der Waals surface area (Å²) >= 11 is 0. The Labute approximate surface area is 98.2 Å². The molecule has 0 spiro atoms. The van der Waals surface area contributed by atoms with Crippen LogP contribution in [-0.2, 0) is 4.79 Å². The molecule has 1 amide bonds.